The molecule has 5 nitrogen and oxygen atoms in total. The highest BCUT2D eigenvalue weighted by Crippen LogP contribution is 2.25. The van der Waals surface area contributed by atoms with E-state index in [4.69, 9.17) is 9.47 Å². The van der Waals surface area contributed by atoms with Gasteiger partial charge in [-0.15, -0.1) is 0 Å². The summed E-state index contributed by atoms with van der Waals surface area (Å²) in [7, 11) is 0. The smallest absolute Gasteiger partial charge is 0.225 e. The largest absolute Gasteiger partial charge is 0.494 e. The van der Waals surface area contributed by atoms with E-state index in [2.05, 4.69) is 31.4 Å². The average Bonchev–Trinajstić information content (AvgIpc) is 2.68. The van der Waals surface area contributed by atoms with Crippen molar-refractivity contribution in [3.63, 3.8) is 0 Å². The van der Waals surface area contributed by atoms with Gasteiger partial charge >= 0.3 is 0 Å². The number of carbonyl (C=O) groups is 1. The standard InChI is InChI=1S/C22H38N2O3.C2H6/c1-6-7-13-27-20-10-8-9-19(16-20)23-11-14-26-15-12-24-21(25)22(4,5)17-18(2)3;1-2/h8-10,16,18,23H,6-7,11-15,17H2,1-5H3,(H,24,25);1-2H3. The third kappa shape index (κ3) is 13.2. The van der Waals surface area contributed by atoms with Crippen LogP contribution in [0.2, 0.25) is 0 Å². The van der Waals surface area contributed by atoms with E-state index in [1.807, 2.05) is 52.0 Å². The molecule has 29 heavy (non-hydrogen) atoms. The lowest BCUT2D eigenvalue weighted by Crippen LogP contribution is -2.39. The van der Waals surface area contributed by atoms with Gasteiger partial charge in [0.2, 0.25) is 5.91 Å². The first-order valence-electron chi connectivity index (χ1n) is 11.2. The Morgan fingerprint density at radius 1 is 1.10 bits per heavy atom. The minimum absolute atomic E-state index is 0.0952. The van der Waals surface area contributed by atoms with Crippen LogP contribution in [0.1, 0.15) is 67.7 Å². The fourth-order valence-corrected chi connectivity index (χ4v) is 2.99. The molecular weight excluding hydrogens is 364 g/mol. The molecule has 0 spiro atoms. The monoisotopic (exact) mass is 408 g/mol. The van der Waals surface area contributed by atoms with Crippen molar-refractivity contribution >= 4 is 11.6 Å². The van der Waals surface area contributed by atoms with E-state index in [-0.39, 0.29) is 11.3 Å². The maximum Gasteiger partial charge on any atom is 0.225 e. The first-order valence-corrected chi connectivity index (χ1v) is 11.2. The molecule has 168 valence electrons. The maximum absolute atomic E-state index is 12.2. The number of benzene rings is 1. The zero-order valence-electron chi connectivity index (χ0n) is 19.8. The van der Waals surface area contributed by atoms with Crippen LogP contribution in [0, 0.1) is 11.3 Å². The van der Waals surface area contributed by atoms with Gasteiger partial charge in [0.1, 0.15) is 5.75 Å². The lowest BCUT2D eigenvalue weighted by Gasteiger charge is -2.25. The lowest BCUT2D eigenvalue weighted by molar-refractivity contribution is -0.130. The predicted molar refractivity (Wildman–Crippen MR) is 124 cm³/mol. The zero-order valence-corrected chi connectivity index (χ0v) is 19.8. The summed E-state index contributed by atoms with van der Waals surface area (Å²) in [4.78, 5) is 12.2. The summed E-state index contributed by atoms with van der Waals surface area (Å²) < 4.78 is 11.3. The number of anilines is 1. The Kier molecular flexibility index (Phi) is 15.1. The number of hydrogen-bond acceptors (Lipinski definition) is 4. The molecule has 1 aromatic carbocycles. The Balaban J connectivity index is 0.00000379. The lowest BCUT2D eigenvalue weighted by atomic mass is 9.83. The molecule has 0 fully saturated rings. The van der Waals surface area contributed by atoms with Crippen LogP contribution in [0.4, 0.5) is 5.69 Å². The van der Waals surface area contributed by atoms with Crippen molar-refractivity contribution in [1.29, 1.82) is 0 Å². The number of hydrogen-bond donors (Lipinski definition) is 2. The third-order valence-electron chi connectivity index (χ3n) is 4.24. The van der Waals surface area contributed by atoms with Crippen LogP contribution in [0.5, 0.6) is 5.75 Å². The highest BCUT2D eigenvalue weighted by molar-refractivity contribution is 5.81. The molecule has 0 bridgehead atoms. The topological polar surface area (TPSA) is 59.6 Å². The summed E-state index contributed by atoms with van der Waals surface area (Å²) >= 11 is 0. The van der Waals surface area contributed by atoms with Crippen LogP contribution in [-0.2, 0) is 9.53 Å². The number of ether oxygens (including phenoxy) is 2. The van der Waals surface area contributed by atoms with E-state index >= 15 is 0 Å². The molecule has 0 unspecified atom stereocenters. The number of unbranched alkanes of at least 4 members (excludes halogenated alkanes) is 1. The molecule has 5 heteroatoms. The van der Waals surface area contributed by atoms with E-state index < -0.39 is 0 Å². The molecule has 1 amide bonds. The fraction of sp³-hybridized carbons (Fsp3) is 0.708. The quantitative estimate of drug-likeness (QED) is 0.399. The Morgan fingerprint density at radius 2 is 1.79 bits per heavy atom. The Hall–Kier alpha value is -1.75. The minimum atomic E-state index is -0.333. The van der Waals surface area contributed by atoms with Gasteiger partial charge in [-0.25, -0.2) is 0 Å². The molecular formula is C24H44N2O3. The summed E-state index contributed by atoms with van der Waals surface area (Å²) in [6.07, 6.45) is 3.08. The van der Waals surface area contributed by atoms with Crippen molar-refractivity contribution in [2.45, 2.75) is 67.7 Å². The Morgan fingerprint density at radius 3 is 2.45 bits per heavy atom. The van der Waals surface area contributed by atoms with Crippen molar-refractivity contribution in [3.05, 3.63) is 24.3 Å². The summed E-state index contributed by atoms with van der Waals surface area (Å²) in [5, 5.41) is 6.30. The van der Waals surface area contributed by atoms with E-state index in [9.17, 15) is 4.79 Å². The highest BCUT2D eigenvalue weighted by Gasteiger charge is 2.27. The summed E-state index contributed by atoms with van der Waals surface area (Å²) in [5.74, 6) is 1.49. The summed E-state index contributed by atoms with van der Waals surface area (Å²) in [6.45, 7) is 17.5. The Labute approximate surface area is 178 Å². The first-order chi connectivity index (χ1) is 13.8. The van der Waals surface area contributed by atoms with E-state index in [1.54, 1.807) is 0 Å². The third-order valence-corrected chi connectivity index (χ3v) is 4.24. The first kappa shape index (κ1) is 27.2. The van der Waals surface area contributed by atoms with Crippen molar-refractivity contribution in [2.75, 3.05) is 38.2 Å². The van der Waals surface area contributed by atoms with Crippen LogP contribution in [0.3, 0.4) is 0 Å². The van der Waals surface area contributed by atoms with Crippen LogP contribution in [-0.4, -0.2) is 38.8 Å². The van der Waals surface area contributed by atoms with Crippen LogP contribution >= 0.6 is 0 Å². The second-order valence-corrected chi connectivity index (χ2v) is 8.01. The molecule has 0 saturated heterocycles. The fourth-order valence-electron chi connectivity index (χ4n) is 2.99. The van der Waals surface area contributed by atoms with Gasteiger partial charge in [-0.05, 0) is 30.9 Å². The van der Waals surface area contributed by atoms with Gasteiger partial charge in [0.15, 0.2) is 0 Å². The number of carbonyl (C=O) groups excluding carboxylic acids is 1. The van der Waals surface area contributed by atoms with Crippen molar-refractivity contribution in [1.82, 2.24) is 5.32 Å². The highest BCUT2D eigenvalue weighted by atomic mass is 16.5. The van der Waals surface area contributed by atoms with Gasteiger partial charge in [-0.3, -0.25) is 4.79 Å². The minimum Gasteiger partial charge on any atom is -0.494 e. The molecule has 0 atom stereocenters. The van der Waals surface area contributed by atoms with Crippen LogP contribution < -0.4 is 15.4 Å². The molecule has 0 aliphatic rings. The number of nitrogens with one attached hydrogen (secondary N) is 2. The molecule has 1 aromatic rings. The van der Waals surface area contributed by atoms with E-state index in [0.717, 1.165) is 37.3 Å². The molecule has 0 aromatic heterocycles. The average molecular weight is 409 g/mol. The van der Waals surface area contributed by atoms with Crippen molar-refractivity contribution in [2.24, 2.45) is 11.3 Å². The number of amides is 1. The van der Waals surface area contributed by atoms with Gasteiger partial charge in [-0.1, -0.05) is 61.0 Å². The van der Waals surface area contributed by atoms with Crippen LogP contribution in [0.25, 0.3) is 0 Å². The van der Waals surface area contributed by atoms with Gasteiger partial charge < -0.3 is 20.1 Å². The second kappa shape index (κ2) is 16.1. The van der Waals surface area contributed by atoms with Gasteiger partial charge in [0, 0.05) is 30.3 Å². The molecule has 1 rings (SSSR count). The van der Waals surface area contributed by atoms with Gasteiger partial charge in [-0.2, -0.15) is 0 Å². The molecule has 2 N–H and O–H groups in total. The van der Waals surface area contributed by atoms with E-state index in [1.165, 1.54) is 0 Å². The molecule has 0 saturated carbocycles. The Bertz CT molecular complexity index is 545. The summed E-state index contributed by atoms with van der Waals surface area (Å²) in [6, 6.07) is 7.98. The molecule has 0 heterocycles. The zero-order chi connectivity index (χ0) is 22.1. The second-order valence-electron chi connectivity index (χ2n) is 8.01. The molecule has 0 aliphatic carbocycles. The van der Waals surface area contributed by atoms with Gasteiger partial charge in [0.25, 0.3) is 0 Å². The van der Waals surface area contributed by atoms with Gasteiger partial charge in [0.05, 0.1) is 19.8 Å². The SMILES string of the molecule is CC.CCCCOc1cccc(NCCOCCNC(=O)C(C)(C)CC(C)C)c1. The molecule has 0 aliphatic heterocycles. The predicted octanol–water partition coefficient (Wildman–Crippen LogP) is 5.51. The number of rotatable bonds is 14. The van der Waals surface area contributed by atoms with Crippen LogP contribution in [0.15, 0.2) is 24.3 Å². The van der Waals surface area contributed by atoms with Crippen molar-refractivity contribution in [3.8, 4) is 5.75 Å². The summed E-state index contributed by atoms with van der Waals surface area (Å²) in [5.41, 5.74) is 0.691. The van der Waals surface area contributed by atoms with E-state index in [0.29, 0.717) is 32.2 Å². The maximum atomic E-state index is 12.2. The molecule has 0 radical (unpaired) electrons. The normalized spacial score (nSPS) is 10.9. The van der Waals surface area contributed by atoms with Crippen molar-refractivity contribution < 1.29 is 14.3 Å².